The summed E-state index contributed by atoms with van der Waals surface area (Å²) >= 11 is 0. The van der Waals surface area contributed by atoms with Crippen molar-refractivity contribution >= 4 is 19.7 Å². The molecule has 2 atom stereocenters. The van der Waals surface area contributed by atoms with E-state index >= 15 is 0 Å². The van der Waals surface area contributed by atoms with Crippen molar-refractivity contribution in [2.75, 3.05) is 18.1 Å². The summed E-state index contributed by atoms with van der Waals surface area (Å²) in [6, 6.07) is 2.81. The number of nitrogens with one attached hydrogen (secondary N) is 1. The fourth-order valence-corrected chi connectivity index (χ4v) is 7.68. The molecule has 1 saturated heterocycles. The Morgan fingerprint density at radius 3 is 2.59 bits per heavy atom. The second-order valence-electron chi connectivity index (χ2n) is 5.63. The Labute approximate surface area is 130 Å². The summed E-state index contributed by atoms with van der Waals surface area (Å²) in [5, 5.41) is 1.98. The summed E-state index contributed by atoms with van der Waals surface area (Å²) in [4.78, 5) is -0.000650. The van der Waals surface area contributed by atoms with Crippen LogP contribution in [-0.2, 0) is 19.7 Å². The van der Waals surface area contributed by atoms with Crippen molar-refractivity contribution in [1.82, 2.24) is 5.32 Å². The lowest BCUT2D eigenvalue weighted by molar-refractivity contribution is 0.525. The summed E-state index contributed by atoms with van der Waals surface area (Å²) in [5.41, 5.74) is 0.290. The van der Waals surface area contributed by atoms with Gasteiger partial charge in [0.1, 0.15) is 5.82 Å². The highest BCUT2D eigenvalue weighted by atomic mass is 32.2. The third-order valence-corrected chi connectivity index (χ3v) is 8.11. The molecule has 2 rings (SSSR count). The van der Waals surface area contributed by atoms with E-state index in [0.29, 0.717) is 12.1 Å². The zero-order valence-electron chi connectivity index (χ0n) is 12.5. The van der Waals surface area contributed by atoms with Crippen molar-refractivity contribution in [3.8, 4) is 0 Å². The molecule has 5 nitrogen and oxygen atoms in total. The van der Waals surface area contributed by atoms with Gasteiger partial charge in [0, 0.05) is 6.04 Å². The minimum Gasteiger partial charge on any atom is -0.312 e. The Balaban J connectivity index is 2.42. The minimum absolute atomic E-state index is 0.000650. The van der Waals surface area contributed by atoms with E-state index < -0.39 is 42.5 Å². The van der Waals surface area contributed by atoms with E-state index in [9.17, 15) is 21.2 Å². The van der Waals surface area contributed by atoms with Crippen LogP contribution in [0.15, 0.2) is 23.1 Å². The minimum atomic E-state index is -3.85. The van der Waals surface area contributed by atoms with E-state index in [-0.39, 0.29) is 10.6 Å². The molecule has 8 heteroatoms. The van der Waals surface area contributed by atoms with E-state index in [0.717, 1.165) is 18.6 Å². The van der Waals surface area contributed by atoms with Crippen LogP contribution in [0.1, 0.15) is 18.9 Å². The lowest BCUT2D eigenvalue weighted by atomic mass is 10.2. The second-order valence-corrected chi connectivity index (χ2v) is 9.92. The molecule has 0 aromatic heterocycles. The van der Waals surface area contributed by atoms with Crippen LogP contribution in [0.25, 0.3) is 0 Å². The van der Waals surface area contributed by atoms with Crippen molar-refractivity contribution in [2.45, 2.75) is 36.5 Å². The van der Waals surface area contributed by atoms with Gasteiger partial charge in [-0.15, -0.1) is 0 Å². The van der Waals surface area contributed by atoms with E-state index in [2.05, 4.69) is 5.32 Å². The molecule has 124 valence electrons. The first-order valence-corrected chi connectivity index (χ1v) is 10.5. The molecule has 1 aromatic carbocycles. The van der Waals surface area contributed by atoms with Crippen molar-refractivity contribution in [2.24, 2.45) is 0 Å². The first-order chi connectivity index (χ1) is 10.2. The largest absolute Gasteiger partial charge is 0.312 e. The number of sulfone groups is 2. The molecule has 0 bridgehead atoms. The lowest BCUT2D eigenvalue weighted by Crippen LogP contribution is -2.43. The van der Waals surface area contributed by atoms with Crippen LogP contribution in [0, 0.1) is 12.7 Å². The fourth-order valence-electron chi connectivity index (χ4n) is 2.74. The molecule has 1 aliphatic rings. The normalized spacial score (nSPS) is 24.5. The Hall–Kier alpha value is -0.990. The van der Waals surface area contributed by atoms with Gasteiger partial charge in [-0.05, 0) is 43.7 Å². The van der Waals surface area contributed by atoms with Gasteiger partial charge in [0.2, 0.25) is 0 Å². The molecule has 1 aliphatic heterocycles. The predicted molar refractivity (Wildman–Crippen MR) is 82.8 cm³/mol. The zero-order valence-corrected chi connectivity index (χ0v) is 14.2. The van der Waals surface area contributed by atoms with Gasteiger partial charge in [-0.2, -0.15) is 0 Å². The Bertz CT molecular complexity index is 759. The molecule has 1 heterocycles. The molecule has 0 amide bonds. The van der Waals surface area contributed by atoms with Crippen LogP contribution < -0.4 is 5.32 Å². The van der Waals surface area contributed by atoms with Gasteiger partial charge in [0.15, 0.2) is 19.7 Å². The topological polar surface area (TPSA) is 80.3 Å². The summed E-state index contributed by atoms with van der Waals surface area (Å²) in [6.07, 6.45) is 0.777. The van der Waals surface area contributed by atoms with Gasteiger partial charge in [-0.25, -0.2) is 21.2 Å². The third-order valence-electron chi connectivity index (χ3n) is 3.80. The maximum absolute atomic E-state index is 13.2. The van der Waals surface area contributed by atoms with Crippen molar-refractivity contribution in [1.29, 1.82) is 0 Å². The predicted octanol–water partition coefficient (Wildman–Crippen LogP) is 1.07. The highest BCUT2D eigenvalue weighted by Gasteiger charge is 2.45. The number of halogens is 1. The van der Waals surface area contributed by atoms with Gasteiger partial charge in [0.05, 0.1) is 21.7 Å². The van der Waals surface area contributed by atoms with Crippen LogP contribution >= 0.6 is 0 Å². The van der Waals surface area contributed by atoms with Crippen LogP contribution in [0.5, 0.6) is 0 Å². The number of aryl methyl sites for hydroxylation is 1. The molecule has 1 N–H and O–H groups in total. The second kappa shape index (κ2) is 6.25. The van der Waals surface area contributed by atoms with Gasteiger partial charge in [0.25, 0.3) is 0 Å². The zero-order chi connectivity index (χ0) is 16.5. The SMILES string of the molecule is CCCN[C@H]1CS(=O)(=O)C[C@@H]1S(=O)(=O)c1ccc(F)cc1C. The van der Waals surface area contributed by atoms with Crippen LogP contribution in [0.4, 0.5) is 4.39 Å². The molecule has 0 spiro atoms. The van der Waals surface area contributed by atoms with Crippen molar-refractivity contribution < 1.29 is 21.2 Å². The summed E-state index contributed by atoms with van der Waals surface area (Å²) < 4.78 is 62.5. The van der Waals surface area contributed by atoms with Crippen molar-refractivity contribution in [3.05, 3.63) is 29.6 Å². The quantitative estimate of drug-likeness (QED) is 0.805. The standard InChI is InChI=1S/C14H20FNO4S2/c1-3-6-16-12-8-21(17,18)9-14(12)22(19,20)13-5-4-11(15)7-10(13)2/h4-5,7,12,14,16H,3,6,8-9H2,1-2H3/t12-,14-/m0/s1. The number of hydrogen-bond donors (Lipinski definition) is 1. The molecular weight excluding hydrogens is 329 g/mol. The van der Waals surface area contributed by atoms with Gasteiger partial charge in [-0.3, -0.25) is 0 Å². The molecule has 0 radical (unpaired) electrons. The maximum Gasteiger partial charge on any atom is 0.184 e. The summed E-state index contributed by atoms with van der Waals surface area (Å²) in [7, 11) is -7.25. The monoisotopic (exact) mass is 349 g/mol. The van der Waals surface area contributed by atoms with E-state index in [1.54, 1.807) is 0 Å². The van der Waals surface area contributed by atoms with E-state index in [1.807, 2.05) is 6.92 Å². The average molecular weight is 349 g/mol. The Morgan fingerprint density at radius 2 is 2.00 bits per heavy atom. The Morgan fingerprint density at radius 1 is 1.32 bits per heavy atom. The van der Waals surface area contributed by atoms with Crippen LogP contribution in [-0.4, -0.2) is 46.2 Å². The first-order valence-electron chi connectivity index (χ1n) is 7.11. The molecule has 0 aliphatic carbocycles. The molecule has 0 unspecified atom stereocenters. The average Bonchev–Trinajstić information content (AvgIpc) is 2.72. The molecule has 1 aromatic rings. The summed E-state index contributed by atoms with van der Waals surface area (Å²) in [6.45, 7) is 3.98. The molecule has 0 saturated carbocycles. The number of hydrogen-bond acceptors (Lipinski definition) is 5. The van der Waals surface area contributed by atoms with Gasteiger partial charge < -0.3 is 5.32 Å². The third kappa shape index (κ3) is 3.49. The van der Waals surface area contributed by atoms with E-state index in [4.69, 9.17) is 0 Å². The lowest BCUT2D eigenvalue weighted by Gasteiger charge is -2.20. The molecule has 22 heavy (non-hydrogen) atoms. The number of benzene rings is 1. The first kappa shape index (κ1) is 17.4. The highest BCUT2D eigenvalue weighted by molar-refractivity contribution is 7.96. The summed E-state index contributed by atoms with van der Waals surface area (Å²) in [5.74, 6) is -1.10. The highest BCUT2D eigenvalue weighted by Crippen LogP contribution is 2.28. The number of rotatable bonds is 5. The van der Waals surface area contributed by atoms with Crippen LogP contribution in [0.3, 0.4) is 0 Å². The van der Waals surface area contributed by atoms with Gasteiger partial charge in [-0.1, -0.05) is 6.92 Å². The molecular formula is C14H20FNO4S2. The molecule has 1 fully saturated rings. The smallest absolute Gasteiger partial charge is 0.184 e. The fraction of sp³-hybridized carbons (Fsp3) is 0.571. The maximum atomic E-state index is 13.2. The van der Waals surface area contributed by atoms with Gasteiger partial charge >= 0.3 is 0 Å². The van der Waals surface area contributed by atoms with E-state index in [1.165, 1.54) is 13.0 Å². The Kier molecular flexibility index (Phi) is 4.93. The van der Waals surface area contributed by atoms with Crippen molar-refractivity contribution in [3.63, 3.8) is 0 Å². The van der Waals surface area contributed by atoms with Crippen LogP contribution in [0.2, 0.25) is 0 Å².